The van der Waals surface area contributed by atoms with Gasteiger partial charge in [-0.2, -0.15) is 0 Å². The van der Waals surface area contributed by atoms with Gasteiger partial charge in [0.15, 0.2) is 0 Å². The molecule has 1 saturated heterocycles. The van der Waals surface area contributed by atoms with E-state index >= 15 is 0 Å². The molecule has 1 fully saturated rings. The van der Waals surface area contributed by atoms with E-state index in [1.165, 1.54) is 4.90 Å². The molecule has 0 radical (unpaired) electrons. The molecule has 0 aliphatic carbocycles. The number of amides is 1. The largest absolute Gasteiger partial charge is 0.465 e. The lowest BCUT2D eigenvalue weighted by Gasteiger charge is -2.31. The van der Waals surface area contributed by atoms with Crippen molar-refractivity contribution in [3.8, 4) is 0 Å². The van der Waals surface area contributed by atoms with Gasteiger partial charge < -0.3 is 15.3 Å². The van der Waals surface area contributed by atoms with Gasteiger partial charge in [-0.25, -0.2) is 14.8 Å². The van der Waals surface area contributed by atoms with E-state index in [0.717, 1.165) is 23.7 Å². The van der Waals surface area contributed by atoms with Crippen molar-refractivity contribution in [3.63, 3.8) is 0 Å². The van der Waals surface area contributed by atoms with Gasteiger partial charge in [0.05, 0.1) is 5.52 Å². The minimum Gasteiger partial charge on any atom is -0.465 e. The van der Waals surface area contributed by atoms with Crippen molar-refractivity contribution in [2.45, 2.75) is 18.9 Å². The minimum atomic E-state index is -0.865. The van der Waals surface area contributed by atoms with Crippen LogP contribution in [-0.4, -0.2) is 45.2 Å². The van der Waals surface area contributed by atoms with Gasteiger partial charge in [-0.3, -0.25) is 0 Å². The summed E-state index contributed by atoms with van der Waals surface area (Å²) in [6.45, 7) is 1.08. The minimum absolute atomic E-state index is 0.0704. The second-order valence-electron chi connectivity index (χ2n) is 4.96. The third-order valence-corrected chi connectivity index (χ3v) is 3.51. The fourth-order valence-corrected chi connectivity index (χ4v) is 2.49. The van der Waals surface area contributed by atoms with Crippen molar-refractivity contribution < 1.29 is 9.90 Å². The van der Waals surface area contributed by atoms with Gasteiger partial charge in [0.25, 0.3) is 0 Å². The molecular formula is C14H16N4O2. The summed E-state index contributed by atoms with van der Waals surface area (Å²) in [5.41, 5.74) is 0.885. The van der Waals surface area contributed by atoms with Crippen LogP contribution in [0.1, 0.15) is 12.8 Å². The highest BCUT2D eigenvalue weighted by atomic mass is 16.4. The zero-order chi connectivity index (χ0) is 13.9. The number of nitrogens with one attached hydrogen (secondary N) is 1. The van der Waals surface area contributed by atoms with E-state index < -0.39 is 6.09 Å². The molecule has 1 amide bonds. The monoisotopic (exact) mass is 272 g/mol. The number of piperidine rings is 1. The Morgan fingerprint density at radius 1 is 1.40 bits per heavy atom. The van der Waals surface area contributed by atoms with Crippen molar-refractivity contribution in [2.75, 3.05) is 18.4 Å². The molecule has 1 atom stereocenters. The van der Waals surface area contributed by atoms with Gasteiger partial charge in [0.1, 0.15) is 0 Å². The highest BCUT2D eigenvalue weighted by Gasteiger charge is 2.23. The van der Waals surface area contributed by atoms with Gasteiger partial charge in [-0.15, -0.1) is 0 Å². The van der Waals surface area contributed by atoms with E-state index in [1.54, 1.807) is 6.20 Å². The Hall–Kier alpha value is -2.37. The van der Waals surface area contributed by atoms with Crippen molar-refractivity contribution in [3.05, 3.63) is 30.5 Å². The molecule has 1 aliphatic heterocycles. The van der Waals surface area contributed by atoms with E-state index in [0.29, 0.717) is 19.0 Å². The summed E-state index contributed by atoms with van der Waals surface area (Å²) < 4.78 is 0. The second-order valence-corrected chi connectivity index (χ2v) is 4.96. The second kappa shape index (κ2) is 5.32. The Kier molecular flexibility index (Phi) is 3.37. The van der Waals surface area contributed by atoms with Gasteiger partial charge in [-0.1, -0.05) is 18.2 Å². The molecular weight excluding hydrogens is 256 g/mol. The molecule has 1 aliphatic rings. The SMILES string of the molecule is O=C(O)N1CCC[C@H](Nc2ncc3ccccc3n2)C1. The first-order valence-electron chi connectivity index (χ1n) is 6.68. The third-order valence-electron chi connectivity index (χ3n) is 3.51. The lowest BCUT2D eigenvalue weighted by molar-refractivity contribution is 0.132. The van der Waals surface area contributed by atoms with Crippen LogP contribution < -0.4 is 5.32 Å². The van der Waals surface area contributed by atoms with Crippen LogP contribution in [-0.2, 0) is 0 Å². The fourth-order valence-electron chi connectivity index (χ4n) is 2.49. The summed E-state index contributed by atoms with van der Waals surface area (Å²) in [5, 5.41) is 13.3. The first kappa shape index (κ1) is 12.7. The maximum Gasteiger partial charge on any atom is 0.407 e. The van der Waals surface area contributed by atoms with Crippen molar-refractivity contribution in [2.24, 2.45) is 0 Å². The number of hydrogen-bond acceptors (Lipinski definition) is 4. The lowest BCUT2D eigenvalue weighted by atomic mass is 10.1. The first-order chi connectivity index (χ1) is 9.72. The Labute approximate surface area is 116 Å². The van der Waals surface area contributed by atoms with E-state index in [2.05, 4.69) is 15.3 Å². The molecule has 3 rings (SSSR count). The summed E-state index contributed by atoms with van der Waals surface area (Å²) in [6.07, 6.45) is 2.70. The van der Waals surface area contributed by atoms with Crippen LogP contribution in [0.15, 0.2) is 30.5 Å². The lowest BCUT2D eigenvalue weighted by Crippen LogP contribution is -2.44. The highest BCUT2D eigenvalue weighted by molar-refractivity contribution is 5.78. The topological polar surface area (TPSA) is 78.4 Å². The molecule has 20 heavy (non-hydrogen) atoms. The number of likely N-dealkylation sites (tertiary alicyclic amines) is 1. The Balaban J connectivity index is 1.74. The zero-order valence-corrected chi connectivity index (χ0v) is 11.0. The number of benzene rings is 1. The molecule has 1 aromatic carbocycles. The molecule has 0 saturated carbocycles. The maximum absolute atomic E-state index is 11.0. The van der Waals surface area contributed by atoms with Crippen LogP contribution in [0.2, 0.25) is 0 Å². The van der Waals surface area contributed by atoms with Gasteiger partial charge in [-0.05, 0) is 18.9 Å². The van der Waals surface area contributed by atoms with E-state index in [-0.39, 0.29) is 6.04 Å². The average Bonchev–Trinajstić information content (AvgIpc) is 2.47. The standard InChI is InChI=1S/C14H16N4O2/c19-14(20)18-7-3-5-11(9-18)16-13-15-8-10-4-1-2-6-12(10)17-13/h1-2,4,6,8,11H,3,5,7,9H2,(H,19,20)(H,15,16,17)/t11-/m0/s1. The smallest absolute Gasteiger partial charge is 0.407 e. The molecule has 1 aromatic heterocycles. The number of carboxylic acid groups (broad SMARTS) is 1. The summed E-state index contributed by atoms with van der Waals surface area (Å²) in [4.78, 5) is 21.2. The Morgan fingerprint density at radius 2 is 2.25 bits per heavy atom. The van der Waals surface area contributed by atoms with Crippen molar-refractivity contribution in [1.82, 2.24) is 14.9 Å². The fraction of sp³-hybridized carbons (Fsp3) is 0.357. The van der Waals surface area contributed by atoms with E-state index in [9.17, 15) is 4.79 Å². The van der Waals surface area contributed by atoms with Crippen LogP contribution in [0.5, 0.6) is 0 Å². The van der Waals surface area contributed by atoms with Crippen LogP contribution in [0, 0.1) is 0 Å². The molecule has 6 nitrogen and oxygen atoms in total. The highest BCUT2D eigenvalue weighted by Crippen LogP contribution is 2.16. The van der Waals surface area contributed by atoms with Gasteiger partial charge in [0, 0.05) is 30.7 Å². The predicted molar refractivity (Wildman–Crippen MR) is 75.8 cm³/mol. The number of nitrogens with zero attached hydrogens (tertiary/aromatic N) is 3. The van der Waals surface area contributed by atoms with Crippen molar-refractivity contribution in [1.29, 1.82) is 0 Å². The number of para-hydroxylation sites is 1. The molecule has 6 heteroatoms. The van der Waals surface area contributed by atoms with E-state index in [1.807, 2.05) is 24.3 Å². The normalized spacial score (nSPS) is 19.0. The van der Waals surface area contributed by atoms with Crippen LogP contribution in [0.3, 0.4) is 0 Å². The van der Waals surface area contributed by atoms with Crippen LogP contribution >= 0.6 is 0 Å². The van der Waals surface area contributed by atoms with E-state index in [4.69, 9.17) is 5.11 Å². The number of carbonyl (C=O) groups is 1. The Morgan fingerprint density at radius 3 is 3.10 bits per heavy atom. The molecule has 104 valence electrons. The van der Waals surface area contributed by atoms with Gasteiger partial charge >= 0.3 is 6.09 Å². The average molecular weight is 272 g/mol. The number of rotatable bonds is 2. The summed E-state index contributed by atoms with van der Waals surface area (Å²) in [7, 11) is 0. The molecule has 0 unspecified atom stereocenters. The van der Waals surface area contributed by atoms with Crippen molar-refractivity contribution >= 4 is 22.9 Å². The third kappa shape index (κ3) is 2.64. The number of aromatic nitrogens is 2. The zero-order valence-electron chi connectivity index (χ0n) is 11.0. The Bertz CT molecular complexity index is 631. The number of hydrogen-bond donors (Lipinski definition) is 2. The summed E-state index contributed by atoms with van der Waals surface area (Å²) in [5.74, 6) is 0.556. The molecule has 2 heterocycles. The molecule has 2 N–H and O–H groups in total. The quantitative estimate of drug-likeness (QED) is 0.876. The molecule has 0 bridgehead atoms. The first-order valence-corrected chi connectivity index (χ1v) is 6.68. The van der Waals surface area contributed by atoms with Crippen LogP contribution in [0.4, 0.5) is 10.7 Å². The number of anilines is 1. The van der Waals surface area contributed by atoms with Gasteiger partial charge in [0.2, 0.25) is 5.95 Å². The number of fused-ring (bicyclic) bond motifs is 1. The molecule has 2 aromatic rings. The van der Waals surface area contributed by atoms with Crippen LogP contribution in [0.25, 0.3) is 10.9 Å². The molecule has 0 spiro atoms. The summed E-state index contributed by atoms with van der Waals surface area (Å²) in [6, 6.07) is 7.86. The predicted octanol–water partition coefficient (Wildman–Crippen LogP) is 2.18. The maximum atomic E-state index is 11.0. The summed E-state index contributed by atoms with van der Waals surface area (Å²) >= 11 is 0.